The van der Waals surface area contributed by atoms with Gasteiger partial charge in [-0.2, -0.15) is 0 Å². The Kier molecular flexibility index (Phi) is 4.67. The summed E-state index contributed by atoms with van der Waals surface area (Å²) in [6, 6.07) is 5.85. The Balaban J connectivity index is 2.75. The Morgan fingerprint density at radius 1 is 1.29 bits per heavy atom. The molecule has 0 bridgehead atoms. The van der Waals surface area contributed by atoms with E-state index in [4.69, 9.17) is 10.5 Å². The fourth-order valence-electron chi connectivity index (χ4n) is 1.44. The van der Waals surface area contributed by atoms with Crippen molar-refractivity contribution in [3.8, 4) is 5.75 Å². The molecule has 0 aromatic heterocycles. The molecule has 0 aliphatic heterocycles. The Labute approximate surface area is 104 Å². The number of hydrogen-bond acceptors (Lipinski definition) is 3. The Morgan fingerprint density at radius 3 is 2.59 bits per heavy atom. The van der Waals surface area contributed by atoms with Gasteiger partial charge in [-0.05, 0) is 30.9 Å². The minimum Gasteiger partial charge on any atom is -0.492 e. The molecule has 3 N–H and O–H groups in total. The molecule has 0 spiro atoms. The lowest BCUT2D eigenvalue weighted by Crippen LogP contribution is -2.22. The molecule has 0 amide bonds. The van der Waals surface area contributed by atoms with E-state index in [9.17, 15) is 0 Å². The van der Waals surface area contributed by atoms with Gasteiger partial charge in [0.25, 0.3) is 0 Å². The average Bonchev–Trinajstić information content (AvgIpc) is 2.31. The Morgan fingerprint density at radius 2 is 2.00 bits per heavy atom. The standard InChI is InChI=1S/C14H24N2O/c1-5-14(3,4)10-16-11-8-7-9-12(13(11)15)17-6-2/h7-9,16H,5-6,10,15H2,1-4H3. The van der Waals surface area contributed by atoms with Gasteiger partial charge in [-0.3, -0.25) is 0 Å². The van der Waals surface area contributed by atoms with Crippen LogP contribution in [-0.4, -0.2) is 13.2 Å². The second kappa shape index (κ2) is 5.80. The number of hydrogen-bond donors (Lipinski definition) is 2. The highest BCUT2D eigenvalue weighted by Gasteiger charge is 2.15. The van der Waals surface area contributed by atoms with Gasteiger partial charge in [-0.15, -0.1) is 0 Å². The maximum Gasteiger partial charge on any atom is 0.144 e. The van der Waals surface area contributed by atoms with Gasteiger partial charge in [-0.25, -0.2) is 0 Å². The van der Waals surface area contributed by atoms with E-state index >= 15 is 0 Å². The Hall–Kier alpha value is -1.38. The van der Waals surface area contributed by atoms with Crippen LogP contribution in [0.25, 0.3) is 0 Å². The summed E-state index contributed by atoms with van der Waals surface area (Å²) in [7, 11) is 0. The Bertz CT molecular complexity index is 361. The molecule has 3 nitrogen and oxygen atoms in total. The number of anilines is 2. The van der Waals surface area contributed by atoms with Gasteiger partial charge >= 0.3 is 0 Å². The molecule has 1 aromatic rings. The summed E-state index contributed by atoms with van der Waals surface area (Å²) in [4.78, 5) is 0. The van der Waals surface area contributed by atoms with E-state index in [1.165, 1.54) is 0 Å². The fourth-order valence-corrected chi connectivity index (χ4v) is 1.44. The SMILES string of the molecule is CCOc1cccc(NCC(C)(C)CC)c1N. The van der Waals surface area contributed by atoms with E-state index in [0.29, 0.717) is 12.3 Å². The third-order valence-corrected chi connectivity index (χ3v) is 3.08. The molecule has 0 radical (unpaired) electrons. The predicted octanol–water partition coefficient (Wildman–Crippen LogP) is 3.52. The van der Waals surface area contributed by atoms with Gasteiger partial charge in [0.1, 0.15) is 5.75 Å². The number of para-hydroxylation sites is 1. The van der Waals surface area contributed by atoms with Gasteiger partial charge in [-0.1, -0.05) is 26.8 Å². The molecule has 0 aliphatic carbocycles. The van der Waals surface area contributed by atoms with Crippen LogP contribution in [0.1, 0.15) is 34.1 Å². The van der Waals surface area contributed by atoms with Gasteiger partial charge in [0.15, 0.2) is 0 Å². The second-order valence-corrected chi connectivity index (χ2v) is 5.02. The number of benzene rings is 1. The lowest BCUT2D eigenvalue weighted by atomic mass is 9.90. The number of nitrogen functional groups attached to an aromatic ring is 1. The first kappa shape index (κ1) is 13.7. The average molecular weight is 236 g/mol. The van der Waals surface area contributed by atoms with E-state index < -0.39 is 0 Å². The first-order valence-electron chi connectivity index (χ1n) is 6.25. The minimum atomic E-state index is 0.272. The van der Waals surface area contributed by atoms with Crippen molar-refractivity contribution in [3.63, 3.8) is 0 Å². The van der Waals surface area contributed by atoms with Crippen LogP contribution in [0, 0.1) is 5.41 Å². The van der Waals surface area contributed by atoms with Crippen molar-refractivity contribution < 1.29 is 4.74 Å². The molecule has 0 aliphatic rings. The molecule has 3 heteroatoms. The lowest BCUT2D eigenvalue weighted by molar-refractivity contribution is 0.342. The second-order valence-electron chi connectivity index (χ2n) is 5.02. The van der Waals surface area contributed by atoms with Gasteiger partial charge < -0.3 is 15.8 Å². The van der Waals surface area contributed by atoms with Crippen LogP contribution in [0.3, 0.4) is 0 Å². The first-order chi connectivity index (χ1) is 8.00. The van der Waals surface area contributed by atoms with E-state index in [0.717, 1.165) is 24.4 Å². The molecule has 0 unspecified atom stereocenters. The van der Waals surface area contributed by atoms with Crippen LogP contribution in [-0.2, 0) is 0 Å². The topological polar surface area (TPSA) is 47.3 Å². The minimum absolute atomic E-state index is 0.272. The van der Waals surface area contributed by atoms with Crippen LogP contribution in [0.4, 0.5) is 11.4 Å². The van der Waals surface area contributed by atoms with Crippen LogP contribution >= 0.6 is 0 Å². The zero-order valence-electron chi connectivity index (χ0n) is 11.3. The van der Waals surface area contributed by atoms with Crippen molar-refractivity contribution in [2.24, 2.45) is 5.41 Å². The van der Waals surface area contributed by atoms with E-state index in [1.807, 2.05) is 25.1 Å². The molecule has 17 heavy (non-hydrogen) atoms. The van der Waals surface area contributed by atoms with Crippen molar-refractivity contribution in [2.75, 3.05) is 24.2 Å². The monoisotopic (exact) mass is 236 g/mol. The highest BCUT2D eigenvalue weighted by Crippen LogP contribution is 2.30. The maximum absolute atomic E-state index is 6.05. The molecule has 1 aromatic carbocycles. The highest BCUT2D eigenvalue weighted by atomic mass is 16.5. The number of ether oxygens (including phenoxy) is 1. The molecule has 0 saturated heterocycles. The quantitative estimate of drug-likeness (QED) is 0.743. The highest BCUT2D eigenvalue weighted by molar-refractivity contribution is 5.72. The van der Waals surface area contributed by atoms with E-state index in [1.54, 1.807) is 0 Å². The smallest absolute Gasteiger partial charge is 0.144 e. The van der Waals surface area contributed by atoms with Crippen molar-refractivity contribution in [1.82, 2.24) is 0 Å². The molecule has 0 fully saturated rings. The molecule has 0 heterocycles. The maximum atomic E-state index is 6.05. The van der Waals surface area contributed by atoms with E-state index in [2.05, 4.69) is 26.1 Å². The van der Waals surface area contributed by atoms with Gasteiger partial charge in [0.05, 0.1) is 18.0 Å². The summed E-state index contributed by atoms with van der Waals surface area (Å²) >= 11 is 0. The third-order valence-electron chi connectivity index (χ3n) is 3.08. The fraction of sp³-hybridized carbons (Fsp3) is 0.571. The van der Waals surface area contributed by atoms with Crippen molar-refractivity contribution in [1.29, 1.82) is 0 Å². The van der Waals surface area contributed by atoms with Crippen molar-refractivity contribution in [3.05, 3.63) is 18.2 Å². The summed E-state index contributed by atoms with van der Waals surface area (Å²) in [5, 5.41) is 3.40. The summed E-state index contributed by atoms with van der Waals surface area (Å²) in [6.07, 6.45) is 1.13. The number of nitrogens with one attached hydrogen (secondary N) is 1. The molecule has 0 saturated carbocycles. The number of nitrogens with two attached hydrogens (primary N) is 1. The van der Waals surface area contributed by atoms with Gasteiger partial charge in [0, 0.05) is 6.54 Å². The van der Waals surface area contributed by atoms with E-state index in [-0.39, 0.29) is 5.41 Å². The normalized spacial score (nSPS) is 11.3. The molecule has 96 valence electrons. The summed E-state index contributed by atoms with van der Waals surface area (Å²) in [5.74, 6) is 0.756. The largest absolute Gasteiger partial charge is 0.492 e. The molecular weight excluding hydrogens is 212 g/mol. The van der Waals surface area contributed by atoms with Crippen molar-refractivity contribution >= 4 is 11.4 Å². The van der Waals surface area contributed by atoms with Gasteiger partial charge in [0.2, 0.25) is 0 Å². The predicted molar refractivity (Wildman–Crippen MR) is 74.6 cm³/mol. The molecule has 0 atom stereocenters. The summed E-state index contributed by atoms with van der Waals surface area (Å²) in [5.41, 5.74) is 7.98. The first-order valence-corrected chi connectivity index (χ1v) is 6.25. The van der Waals surface area contributed by atoms with Crippen LogP contribution < -0.4 is 15.8 Å². The summed E-state index contributed by atoms with van der Waals surface area (Å²) < 4.78 is 5.47. The molecular formula is C14H24N2O. The number of rotatable bonds is 6. The zero-order chi connectivity index (χ0) is 12.9. The van der Waals surface area contributed by atoms with Crippen LogP contribution in [0.15, 0.2) is 18.2 Å². The molecule has 1 rings (SSSR count). The summed E-state index contributed by atoms with van der Waals surface area (Å²) in [6.45, 7) is 10.2. The van der Waals surface area contributed by atoms with Crippen molar-refractivity contribution in [2.45, 2.75) is 34.1 Å². The van der Waals surface area contributed by atoms with Crippen LogP contribution in [0.2, 0.25) is 0 Å². The third kappa shape index (κ3) is 3.84. The zero-order valence-corrected chi connectivity index (χ0v) is 11.3. The van der Waals surface area contributed by atoms with Crippen LogP contribution in [0.5, 0.6) is 5.75 Å². The lowest BCUT2D eigenvalue weighted by Gasteiger charge is -2.24.